The van der Waals surface area contributed by atoms with Crippen LogP contribution in [0.1, 0.15) is 12.5 Å². The molecule has 0 aromatic heterocycles. The summed E-state index contributed by atoms with van der Waals surface area (Å²) in [5.41, 5.74) is 0.606. The maximum absolute atomic E-state index is 11.6. The van der Waals surface area contributed by atoms with Gasteiger partial charge in [0.05, 0.1) is 14.2 Å². The molecule has 0 aliphatic heterocycles. The van der Waals surface area contributed by atoms with E-state index in [1.807, 2.05) is 0 Å². The highest BCUT2D eigenvalue weighted by Crippen LogP contribution is 2.32. The first-order valence-corrected chi connectivity index (χ1v) is 7.13. The van der Waals surface area contributed by atoms with Gasteiger partial charge in [-0.1, -0.05) is 0 Å². The summed E-state index contributed by atoms with van der Waals surface area (Å²) >= 11 is 0. The molecular formula is C12H16O5S. The Morgan fingerprint density at radius 2 is 1.72 bits per heavy atom. The number of benzene rings is 1. The molecule has 100 valence electrons. The zero-order chi connectivity index (χ0) is 13.9. The van der Waals surface area contributed by atoms with Gasteiger partial charge in [-0.2, -0.15) is 0 Å². The molecule has 0 bridgehead atoms. The van der Waals surface area contributed by atoms with E-state index in [-0.39, 0.29) is 22.8 Å². The molecule has 0 unspecified atom stereocenters. The van der Waals surface area contributed by atoms with E-state index in [0.29, 0.717) is 11.3 Å². The maximum atomic E-state index is 11.6. The van der Waals surface area contributed by atoms with Crippen molar-refractivity contribution in [3.63, 3.8) is 0 Å². The highest BCUT2D eigenvalue weighted by atomic mass is 32.2. The Kier molecular flexibility index (Phi) is 4.34. The molecule has 0 atom stereocenters. The van der Waals surface area contributed by atoms with Gasteiger partial charge >= 0.3 is 0 Å². The summed E-state index contributed by atoms with van der Waals surface area (Å²) in [6.07, 6.45) is 1.26. The van der Waals surface area contributed by atoms with Crippen molar-refractivity contribution in [1.82, 2.24) is 0 Å². The van der Waals surface area contributed by atoms with Crippen LogP contribution in [-0.4, -0.2) is 34.7 Å². The number of carbonyl (C=O) groups excluding carboxylic acids is 1. The van der Waals surface area contributed by atoms with Crippen molar-refractivity contribution >= 4 is 15.6 Å². The molecule has 18 heavy (non-hydrogen) atoms. The van der Waals surface area contributed by atoms with Crippen molar-refractivity contribution in [2.45, 2.75) is 18.2 Å². The molecule has 0 aliphatic rings. The fraction of sp³-hybridized carbons (Fsp3) is 0.417. The number of hydrogen-bond donors (Lipinski definition) is 0. The molecule has 0 fully saturated rings. The van der Waals surface area contributed by atoms with Crippen molar-refractivity contribution < 1.29 is 22.7 Å². The number of ether oxygens (including phenoxy) is 2. The second kappa shape index (κ2) is 5.39. The quantitative estimate of drug-likeness (QED) is 0.806. The summed E-state index contributed by atoms with van der Waals surface area (Å²) in [5, 5.41) is 0. The smallest absolute Gasteiger partial charge is 0.179 e. The fourth-order valence-electron chi connectivity index (χ4n) is 1.63. The number of rotatable bonds is 5. The van der Waals surface area contributed by atoms with Gasteiger partial charge in [-0.3, -0.25) is 4.79 Å². The van der Waals surface area contributed by atoms with Gasteiger partial charge in [0, 0.05) is 24.3 Å². The summed E-state index contributed by atoms with van der Waals surface area (Å²) in [6.45, 7) is 1.45. The number of methoxy groups -OCH3 is 2. The molecular weight excluding hydrogens is 256 g/mol. The van der Waals surface area contributed by atoms with Crippen molar-refractivity contribution in [3.8, 4) is 11.5 Å². The molecule has 0 N–H and O–H groups in total. The number of sulfone groups is 1. The first kappa shape index (κ1) is 14.5. The molecule has 1 rings (SSSR count). The Balaban J connectivity index is 3.46. The van der Waals surface area contributed by atoms with E-state index in [1.54, 1.807) is 0 Å². The maximum Gasteiger partial charge on any atom is 0.179 e. The second-order valence-corrected chi connectivity index (χ2v) is 5.95. The number of carbonyl (C=O) groups is 1. The lowest BCUT2D eigenvalue weighted by molar-refractivity contribution is -0.116. The zero-order valence-corrected chi connectivity index (χ0v) is 11.6. The predicted molar refractivity (Wildman–Crippen MR) is 67.0 cm³/mol. The highest BCUT2D eigenvalue weighted by Gasteiger charge is 2.19. The third kappa shape index (κ3) is 3.22. The van der Waals surface area contributed by atoms with Crippen molar-refractivity contribution in [2.24, 2.45) is 0 Å². The van der Waals surface area contributed by atoms with E-state index in [4.69, 9.17) is 9.47 Å². The SMILES string of the molecule is COc1cc(S(C)(=O)=O)c(OC)cc1CC(C)=O. The molecule has 0 radical (unpaired) electrons. The first-order valence-electron chi connectivity index (χ1n) is 5.24. The minimum atomic E-state index is -3.41. The molecule has 0 heterocycles. The van der Waals surface area contributed by atoms with E-state index in [9.17, 15) is 13.2 Å². The van der Waals surface area contributed by atoms with Crippen LogP contribution < -0.4 is 9.47 Å². The van der Waals surface area contributed by atoms with E-state index < -0.39 is 9.84 Å². The van der Waals surface area contributed by atoms with E-state index in [1.165, 1.54) is 33.3 Å². The molecule has 1 aromatic rings. The van der Waals surface area contributed by atoms with Gasteiger partial charge in [-0.05, 0) is 13.0 Å². The standard InChI is InChI=1S/C12H16O5S/c1-8(13)5-9-6-11(17-3)12(18(4,14)15)7-10(9)16-2/h6-7H,5H2,1-4H3. The number of hydrogen-bond acceptors (Lipinski definition) is 5. The van der Waals surface area contributed by atoms with Crippen LogP contribution in [0.25, 0.3) is 0 Å². The fourth-order valence-corrected chi connectivity index (χ4v) is 2.46. The Hall–Kier alpha value is -1.56. The average Bonchev–Trinajstić information content (AvgIpc) is 2.26. The molecule has 0 spiro atoms. The van der Waals surface area contributed by atoms with Crippen molar-refractivity contribution in [2.75, 3.05) is 20.5 Å². The molecule has 0 aliphatic carbocycles. The Labute approximate surface area is 107 Å². The third-order valence-corrected chi connectivity index (χ3v) is 3.52. The normalized spacial score (nSPS) is 11.1. The number of Topliss-reactive ketones (excluding diaryl/α,β-unsaturated/α-hetero) is 1. The summed E-state index contributed by atoms with van der Waals surface area (Å²) in [4.78, 5) is 11.2. The first-order chi connectivity index (χ1) is 8.29. The minimum Gasteiger partial charge on any atom is -0.496 e. The molecule has 1 aromatic carbocycles. The lowest BCUT2D eigenvalue weighted by Crippen LogP contribution is -2.05. The number of ketones is 1. The predicted octanol–water partition coefficient (Wildman–Crippen LogP) is 1.24. The molecule has 0 saturated carbocycles. The van der Waals surface area contributed by atoms with Crippen LogP contribution in [0.5, 0.6) is 11.5 Å². The lowest BCUT2D eigenvalue weighted by atomic mass is 10.1. The second-order valence-electron chi connectivity index (χ2n) is 3.97. The molecule has 6 heteroatoms. The summed E-state index contributed by atoms with van der Waals surface area (Å²) < 4.78 is 33.4. The van der Waals surface area contributed by atoms with Crippen LogP contribution >= 0.6 is 0 Å². The summed E-state index contributed by atoms with van der Waals surface area (Å²) in [6, 6.07) is 2.91. The largest absolute Gasteiger partial charge is 0.496 e. The van der Waals surface area contributed by atoms with Gasteiger partial charge in [0.1, 0.15) is 22.2 Å². The van der Waals surface area contributed by atoms with Crippen LogP contribution in [0, 0.1) is 0 Å². The minimum absolute atomic E-state index is 0.0394. The van der Waals surface area contributed by atoms with E-state index in [0.717, 1.165) is 6.26 Å². The molecule has 0 saturated heterocycles. The van der Waals surface area contributed by atoms with Crippen LogP contribution in [0.15, 0.2) is 17.0 Å². The van der Waals surface area contributed by atoms with Gasteiger partial charge in [0.25, 0.3) is 0 Å². The van der Waals surface area contributed by atoms with Crippen LogP contribution in [-0.2, 0) is 21.1 Å². The zero-order valence-electron chi connectivity index (χ0n) is 10.8. The molecule has 5 nitrogen and oxygen atoms in total. The lowest BCUT2D eigenvalue weighted by Gasteiger charge is -2.13. The highest BCUT2D eigenvalue weighted by molar-refractivity contribution is 7.90. The van der Waals surface area contributed by atoms with Gasteiger partial charge < -0.3 is 9.47 Å². The van der Waals surface area contributed by atoms with Gasteiger partial charge in [0.2, 0.25) is 0 Å². The monoisotopic (exact) mass is 272 g/mol. The van der Waals surface area contributed by atoms with Gasteiger partial charge in [0.15, 0.2) is 9.84 Å². The third-order valence-electron chi connectivity index (χ3n) is 2.41. The topological polar surface area (TPSA) is 69.7 Å². The Morgan fingerprint density at radius 3 is 2.11 bits per heavy atom. The Bertz CT molecular complexity index is 560. The Morgan fingerprint density at radius 1 is 1.17 bits per heavy atom. The van der Waals surface area contributed by atoms with Crippen LogP contribution in [0.3, 0.4) is 0 Å². The van der Waals surface area contributed by atoms with Crippen LogP contribution in [0.2, 0.25) is 0 Å². The molecule has 0 amide bonds. The summed E-state index contributed by atoms with van der Waals surface area (Å²) in [7, 11) is -0.602. The van der Waals surface area contributed by atoms with E-state index in [2.05, 4.69) is 0 Å². The van der Waals surface area contributed by atoms with Crippen molar-refractivity contribution in [1.29, 1.82) is 0 Å². The van der Waals surface area contributed by atoms with Crippen LogP contribution in [0.4, 0.5) is 0 Å². The summed E-state index contributed by atoms with van der Waals surface area (Å²) in [5.74, 6) is 0.545. The average molecular weight is 272 g/mol. The van der Waals surface area contributed by atoms with Gasteiger partial charge in [-0.25, -0.2) is 8.42 Å². The van der Waals surface area contributed by atoms with E-state index >= 15 is 0 Å². The van der Waals surface area contributed by atoms with Gasteiger partial charge in [-0.15, -0.1) is 0 Å². The van der Waals surface area contributed by atoms with Crippen molar-refractivity contribution in [3.05, 3.63) is 17.7 Å².